The molecule has 0 aromatic heterocycles. The summed E-state index contributed by atoms with van der Waals surface area (Å²) in [7, 11) is 0. The molecule has 0 heterocycles. The van der Waals surface area contributed by atoms with Crippen LogP contribution in [0.5, 0.6) is 0 Å². The van der Waals surface area contributed by atoms with Crippen LogP contribution in [0, 0.1) is 0 Å². The molecule has 0 saturated carbocycles. The Bertz CT molecular complexity index is 414. The van der Waals surface area contributed by atoms with E-state index in [2.05, 4.69) is 11.0 Å². The number of hydrogen-bond acceptors (Lipinski definition) is 2. The Hall–Kier alpha value is -0.730. The summed E-state index contributed by atoms with van der Waals surface area (Å²) in [6.45, 7) is 1.56. The molecule has 0 unspecified atom stereocenters. The van der Waals surface area contributed by atoms with Crippen molar-refractivity contribution >= 4 is 34.7 Å². The summed E-state index contributed by atoms with van der Waals surface area (Å²) in [5, 5.41) is 0. The van der Waals surface area contributed by atoms with Gasteiger partial charge in [-0.25, -0.2) is 0 Å². The van der Waals surface area contributed by atoms with Gasteiger partial charge in [-0.15, -0.1) is 23.2 Å². The van der Waals surface area contributed by atoms with Gasteiger partial charge in [-0.3, -0.25) is 4.79 Å². The first-order valence-electron chi connectivity index (χ1n) is 5.79. The van der Waals surface area contributed by atoms with Gasteiger partial charge >= 0.3 is 0 Å². The molecule has 0 bridgehead atoms. The molecule has 1 aliphatic rings. The second-order valence-electron chi connectivity index (χ2n) is 4.13. The van der Waals surface area contributed by atoms with E-state index in [0.29, 0.717) is 18.2 Å². The number of halogens is 2. The molecule has 1 aliphatic carbocycles. The monoisotopic (exact) mass is 271 g/mol. The maximum atomic E-state index is 11.5. The Labute approximate surface area is 112 Å². The quantitative estimate of drug-likeness (QED) is 0.768. The molecule has 0 spiro atoms. The molecule has 0 amide bonds. The smallest absolute Gasteiger partial charge is 0.163 e. The number of ketones is 1. The van der Waals surface area contributed by atoms with Crippen molar-refractivity contribution in [3.63, 3.8) is 0 Å². The Kier molecular flexibility index (Phi) is 4.30. The lowest BCUT2D eigenvalue weighted by Gasteiger charge is -2.23. The van der Waals surface area contributed by atoms with Gasteiger partial charge in [0, 0.05) is 42.5 Å². The van der Waals surface area contributed by atoms with E-state index in [1.165, 1.54) is 0 Å². The van der Waals surface area contributed by atoms with Crippen LogP contribution in [0.3, 0.4) is 0 Å². The second-order valence-corrected chi connectivity index (χ2v) is 4.89. The molecule has 2 rings (SSSR count). The molecule has 0 radical (unpaired) electrons. The Morgan fingerprint density at radius 2 is 1.82 bits per heavy atom. The highest BCUT2D eigenvalue weighted by Gasteiger charge is 2.20. The summed E-state index contributed by atoms with van der Waals surface area (Å²) < 4.78 is 0. The number of anilines is 1. The number of nitrogens with zero attached hydrogens (tertiary/aromatic N) is 1. The number of rotatable bonds is 5. The highest BCUT2D eigenvalue weighted by molar-refractivity contribution is 6.18. The van der Waals surface area contributed by atoms with Crippen LogP contribution in [0.2, 0.25) is 0 Å². The van der Waals surface area contributed by atoms with Gasteiger partial charge in [0.2, 0.25) is 0 Å². The number of aryl methyl sites for hydroxylation is 1. The molecule has 2 nitrogen and oxygen atoms in total. The Morgan fingerprint density at radius 3 is 2.47 bits per heavy atom. The van der Waals surface area contributed by atoms with Gasteiger partial charge in [0.25, 0.3) is 0 Å². The fourth-order valence-electron chi connectivity index (χ4n) is 2.21. The molecule has 0 saturated heterocycles. The highest BCUT2D eigenvalue weighted by Crippen LogP contribution is 2.26. The van der Waals surface area contributed by atoms with Gasteiger partial charge in [0.15, 0.2) is 5.78 Å². The van der Waals surface area contributed by atoms with Gasteiger partial charge in [-0.2, -0.15) is 0 Å². The van der Waals surface area contributed by atoms with Gasteiger partial charge in [0.1, 0.15) is 0 Å². The fraction of sp³-hybridized carbons (Fsp3) is 0.462. The summed E-state index contributed by atoms with van der Waals surface area (Å²) in [4.78, 5) is 13.7. The Balaban J connectivity index is 2.23. The van der Waals surface area contributed by atoms with Gasteiger partial charge < -0.3 is 4.90 Å². The first-order chi connectivity index (χ1) is 8.26. The number of hydrogen-bond donors (Lipinski definition) is 0. The van der Waals surface area contributed by atoms with E-state index in [1.54, 1.807) is 0 Å². The third-order valence-electron chi connectivity index (χ3n) is 3.08. The lowest BCUT2D eigenvalue weighted by Crippen LogP contribution is -2.27. The van der Waals surface area contributed by atoms with E-state index in [0.717, 1.165) is 36.3 Å². The molecule has 0 aliphatic heterocycles. The van der Waals surface area contributed by atoms with Crippen molar-refractivity contribution in [2.75, 3.05) is 29.7 Å². The zero-order valence-electron chi connectivity index (χ0n) is 9.59. The van der Waals surface area contributed by atoms with Crippen molar-refractivity contribution in [2.45, 2.75) is 12.8 Å². The number of Topliss-reactive ketones (excluding diaryl/α,β-unsaturated/α-hetero) is 1. The minimum Gasteiger partial charge on any atom is -0.369 e. The zero-order chi connectivity index (χ0) is 12.3. The van der Waals surface area contributed by atoms with Crippen LogP contribution in [0.15, 0.2) is 18.2 Å². The summed E-state index contributed by atoms with van der Waals surface area (Å²) >= 11 is 11.6. The number of alkyl halides is 2. The second kappa shape index (κ2) is 5.74. The summed E-state index contributed by atoms with van der Waals surface area (Å²) in [6, 6.07) is 6.01. The zero-order valence-corrected chi connectivity index (χ0v) is 11.1. The van der Waals surface area contributed by atoms with E-state index in [4.69, 9.17) is 23.2 Å². The molecular formula is C13H15Cl2NO. The van der Waals surface area contributed by atoms with Crippen LogP contribution in [-0.2, 0) is 6.42 Å². The van der Waals surface area contributed by atoms with Crippen molar-refractivity contribution in [3.05, 3.63) is 29.3 Å². The first-order valence-corrected chi connectivity index (χ1v) is 6.86. The average Bonchev–Trinajstić information content (AvgIpc) is 2.70. The third kappa shape index (κ3) is 2.75. The van der Waals surface area contributed by atoms with Crippen LogP contribution >= 0.6 is 23.2 Å². The van der Waals surface area contributed by atoms with E-state index in [9.17, 15) is 4.79 Å². The number of carbonyl (C=O) groups excluding carboxylic acids is 1. The van der Waals surface area contributed by atoms with E-state index < -0.39 is 0 Å². The standard InChI is InChI=1S/C13H15Cl2NO/c14-5-7-16(8-6-15)11-2-3-12-10(9-11)1-4-13(12)17/h2-3,9H,1,4-8H2. The van der Waals surface area contributed by atoms with Crippen molar-refractivity contribution < 1.29 is 4.79 Å². The predicted octanol–water partition coefficient (Wildman–Crippen LogP) is 3.10. The summed E-state index contributed by atoms with van der Waals surface area (Å²) in [5.74, 6) is 1.41. The average molecular weight is 272 g/mol. The largest absolute Gasteiger partial charge is 0.369 e. The Morgan fingerprint density at radius 1 is 1.12 bits per heavy atom. The molecule has 92 valence electrons. The van der Waals surface area contributed by atoms with Gasteiger partial charge in [-0.05, 0) is 30.2 Å². The van der Waals surface area contributed by atoms with Crippen molar-refractivity contribution in [1.29, 1.82) is 0 Å². The topological polar surface area (TPSA) is 20.3 Å². The SMILES string of the molecule is O=C1CCc2cc(N(CCCl)CCCl)ccc21. The normalized spacial score (nSPS) is 13.9. The lowest BCUT2D eigenvalue weighted by atomic mass is 10.1. The molecule has 4 heteroatoms. The number of carbonyl (C=O) groups is 1. The first kappa shape index (κ1) is 12.7. The van der Waals surface area contributed by atoms with E-state index in [-0.39, 0.29) is 5.78 Å². The third-order valence-corrected chi connectivity index (χ3v) is 3.42. The molecule has 1 aromatic rings. The van der Waals surface area contributed by atoms with Crippen LogP contribution in [0.25, 0.3) is 0 Å². The minimum atomic E-state index is 0.257. The van der Waals surface area contributed by atoms with Crippen LogP contribution in [-0.4, -0.2) is 30.6 Å². The summed E-state index contributed by atoms with van der Waals surface area (Å²) in [5.41, 5.74) is 3.15. The number of benzene rings is 1. The van der Waals surface area contributed by atoms with Gasteiger partial charge in [-0.1, -0.05) is 0 Å². The predicted molar refractivity (Wildman–Crippen MR) is 72.7 cm³/mol. The van der Waals surface area contributed by atoms with Crippen molar-refractivity contribution in [3.8, 4) is 0 Å². The minimum absolute atomic E-state index is 0.257. The van der Waals surface area contributed by atoms with Crippen LogP contribution in [0.4, 0.5) is 5.69 Å². The molecule has 0 N–H and O–H groups in total. The molecule has 0 fully saturated rings. The molecule has 0 atom stereocenters. The van der Waals surface area contributed by atoms with E-state index in [1.807, 2.05) is 12.1 Å². The van der Waals surface area contributed by atoms with Gasteiger partial charge in [0.05, 0.1) is 0 Å². The number of fused-ring (bicyclic) bond motifs is 1. The van der Waals surface area contributed by atoms with Crippen molar-refractivity contribution in [2.24, 2.45) is 0 Å². The maximum Gasteiger partial charge on any atom is 0.163 e. The fourth-order valence-corrected chi connectivity index (χ4v) is 2.62. The lowest BCUT2D eigenvalue weighted by molar-refractivity contribution is 0.0994. The van der Waals surface area contributed by atoms with Crippen LogP contribution < -0.4 is 4.90 Å². The molecule has 17 heavy (non-hydrogen) atoms. The maximum absolute atomic E-state index is 11.5. The van der Waals surface area contributed by atoms with E-state index >= 15 is 0 Å². The highest BCUT2D eigenvalue weighted by atomic mass is 35.5. The molecular weight excluding hydrogens is 257 g/mol. The molecule has 1 aromatic carbocycles. The summed E-state index contributed by atoms with van der Waals surface area (Å²) in [6.07, 6.45) is 1.50. The van der Waals surface area contributed by atoms with Crippen molar-refractivity contribution in [1.82, 2.24) is 0 Å². The van der Waals surface area contributed by atoms with Crippen LogP contribution in [0.1, 0.15) is 22.3 Å².